The van der Waals surface area contributed by atoms with Crippen molar-refractivity contribution in [1.29, 1.82) is 0 Å². The highest BCUT2D eigenvalue weighted by molar-refractivity contribution is 7.94. The molecule has 0 atom stereocenters. The molecule has 0 saturated heterocycles. The monoisotopic (exact) mass is 385 g/mol. The molecule has 0 aliphatic rings. The van der Waals surface area contributed by atoms with E-state index < -0.39 is 15.9 Å². The number of pyridine rings is 1. The van der Waals surface area contributed by atoms with Crippen LogP contribution < -0.4 is 9.83 Å². The quantitative estimate of drug-likeness (QED) is 0.398. The van der Waals surface area contributed by atoms with Gasteiger partial charge in [0.15, 0.2) is 0 Å². The van der Waals surface area contributed by atoms with Gasteiger partial charge < -0.3 is 5.11 Å². The van der Waals surface area contributed by atoms with E-state index in [1.807, 2.05) is 0 Å². The lowest BCUT2D eigenvalue weighted by Crippen LogP contribution is -2.18. The summed E-state index contributed by atoms with van der Waals surface area (Å²) in [7, 11) is -3.62. The van der Waals surface area contributed by atoms with Crippen molar-refractivity contribution in [2.45, 2.75) is 4.21 Å². The van der Waals surface area contributed by atoms with Crippen LogP contribution in [0.3, 0.4) is 0 Å². The molecule has 3 rings (SSSR count). The number of hydrogen-bond acceptors (Lipinski definition) is 7. The van der Waals surface area contributed by atoms with Gasteiger partial charge in [0.25, 0.3) is 10.0 Å². The van der Waals surface area contributed by atoms with Crippen molar-refractivity contribution in [3.63, 3.8) is 0 Å². The highest BCUT2D eigenvalue weighted by atomic mass is 32.2. The lowest BCUT2D eigenvalue weighted by molar-refractivity contribution is -0.213. The van der Waals surface area contributed by atoms with Crippen molar-refractivity contribution in [1.82, 2.24) is 4.98 Å². The first-order valence-corrected chi connectivity index (χ1v) is 9.76. The summed E-state index contributed by atoms with van der Waals surface area (Å²) < 4.78 is 27.0. The largest absolute Gasteiger partial charge is 0.857 e. The molecule has 0 spiro atoms. The van der Waals surface area contributed by atoms with Gasteiger partial charge in [0.05, 0.1) is 6.21 Å². The molecule has 132 valence electrons. The van der Waals surface area contributed by atoms with Crippen LogP contribution in [0.15, 0.2) is 80.7 Å². The smallest absolute Gasteiger partial charge is 0.271 e. The molecule has 0 amide bonds. The Morgan fingerprint density at radius 2 is 1.85 bits per heavy atom. The van der Waals surface area contributed by atoms with Gasteiger partial charge in [0.1, 0.15) is 4.21 Å². The second kappa shape index (κ2) is 7.89. The van der Waals surface area contributed by atoms with Gasteiger partial charge in [-0.3, -0.25) is 9.71 Å². The molecule has 0 aliphatic carbocycles. The van der Waals surface area contributed by atoms with Crippen molar-refractivity contribution in [2.75, 3.05) is 4.72 Å². The van der Waals surface area contributed by atoms with Gasteiger partial charge in [-0.05, 0) is 46.8 Å². The van der Waals surface area contributed by atoms with Crippen LogP contribution in [0, 0.1) is 0 Å². The Morgan fingerprint density at radius 1 is 1.12 bits per heavy atom. The maximum atomic E-state index is 12.1. The van der Waals surface area contributed by atoms with E-state index in [0.717, 1.165) is 16.9 Å². The molecule has 0 radical (unpaired) electrons. The maximum absolute atomic E-state index is 12.1. The summed E-state index contributed by atoms with van der Waals surface area (Å²) in [4.78, 5) is 3.88. The average molecular weight is 385 g/mol. The van der Waals surface area contributed by atoms with E-state index in [4.69, 9.17) is 0 Å². The average Bonchev–Trinajstić information content (AvgIpc) is 3.19. The first kappa shape index (κ1) is 17.8. The van der Waals surface area contributed by atoms with E-state index in [0.29, 0.717) is 11.3 Å². The molecular formula is C17H13N4O3S2-. The van der Waals surface area contributed by atoms with Crippen molar-refractivity contribution < 1.29 is 13.5 Å². The van der Waals surface area contributed by atoms with Crippen LogP contribution in [0.5, 0.6) is 0 Å². The molecule has 3 aromatic rings. The number of nitrogens with one attached hydrogen (secondary N) is 1. The minimum Gasteiger partial charge on any atom is -0.857 e. The molecule has 0 bridgehead atoms. The van der Waals surface area contributed by atoms with Crippen LogP contribution in [0.25, 0.3) is 0 Å². The van der Waals surface area contributed by atoms with Gasteiger partial charge in [0, 0.05) is 24.0 Å². The molecule has 0 unspecified atom stereocenters. The highest BCUT2D eigenvalue weighted by Gasteiger charge is 2.14. The minimum atomic E-state index is -3.62. The Kier molecular flexibility index (Phi) is 5.40. The summed E-state index contributed by atoms with van der Waals surface area (Å²) in [5, 5.41) is 21.0. The predicted octanol–water partition coefficient (Wildman–Crippen LogP) is 2.08. The summed E-state index contributed by atoms with van der Waals surface area (Å²) in [6.45, 7) is 0. The first-order chi connectivity index (χ1) is 12.5. The molecule has 26 heavy (non-hydrogen) atoms. The number of nitrogens with zero attached hydrogens (tertiary/aromatic N) is 3. The Hall–Kier alpha value is -3.04. The number of anilines is 1. The fourth-order valence-electron chi connectivity index (χ4n) is 1.96. The lowest BCUT2D eigenvalue weighted by Gasteiger charge is -2.10. The molecule has 7 nitrogen and oxygen atoms in total. The zero-order valence-corrected chi connectivity index (χ0v) is 14.9. The second-order valence-corrected chi connectivity index (χ2v) is 7.90. The minimum absolute atomic E-state index is 0.220. The molecule has 0 aliphatic heterocycles. The number of hydrogen-bond donors (Lipinski definition) is 1. The van der Waals surface area contributed by atoms with Crippen LogP contribution in [0.1, 0.15) is 11.1 Å². The SMILES string of the molecule is O=S(=O)(Nc1ccc(C([O-])=N/N=C\c2ccncc2)cc1)c1cccs1. The fourth-order valence-corrected chi connectivity index (χ4v) is 4.01. The number of thiophene rings is 1. The molecule has 1 N–H and O–H groups in total. The van der Waals surface area contributed by atoms with Gasteiger partial charge in [-0.25, -0.2) is 8.42 Å². The molecule has 0 fully saturated rings. The van der Waals surface area contributed by atoms with E-state index in [1.165, 1.54) is 36.5 Å². The van der Waals surface area contributed by atoms with E-state index in [1.54, 1.807) is 36.0 Å². The zero-order valence-electron chi connectivity index (χ0n) is 13.3. The molecule has 0 saturated carbocycles. The number of rotatable bonds is 6. The molecule has 1 aromatic carbocycles. The summed E-state index contributed by atoms with van der Waals surface area (Å²) in [5.41, 5.74) is 1.43. The summed E-state index contributed by atoms with van der Waals surface area (Å²) in [6, 6.07) is 12.6. The van der Waals surface area contributed by atoms with Gasteiger partial charge in [-0.2, -0.15) is 10.2 Å². The number of aromatic nitrogens is 1. The molecule has 2 aromatic heterocycles. The van der Waals surface area contributed by atoms with E-state index >= 15 is 0 Å². The van der Waals surface area contributed by atoms with Gasteiger partial charge >= 0.3 is 0 Å². The zero-order chi connectivity index (χ0) is 18.4. The normalized spacial score (nSPS) is 12.4. The van der Waals surface area contributed by atoms with Gasteiger partial charge in [0.2, 0.25) is 0 Å². The summed E-state index contributed by atoms with van der Waals surface area (Å²) in [6.07, 6.45) is 4.67. The maximum Gasteiger partial charge on any atom is 0.271 e. The Morgan fingerprint density at radius 3 is 2.50 bits per heavy atom. The van der Waals surface area contributed by atoms with Crippen molar-refractivity contribution in [3.05, 3.63) is 77.4 Å². The van der Waals surface area contributed by atoms with E-state index in [9.17, 15) is 13.5 Å². The molecular weight excluding hydrogens is 372 g/mol. The third kappa shape index (κ3) is 4.52. The Labute approximate surface area is 154 Å². The summed E-state index contributed by atoms with van der Waals surface area (Å²) in [5.74, 6) is -0.525. The Balaban J connectivity index is 1.69. The number of sulfonamides is 1. The highest BCUT2D eigenvalue weighted by Crippen LogP contribution is 2.20. The fraction of sp³-hybridized carbons (Fsp3) is 0. The van der Waals surface area contributed by atoms with Crippen LogP contribution in [0.4, 0.5) is 5.69 Å². The topological polar surface area (TPSA) is 107 Å². The standard InChI is InChI=1S/C17H14N4O3S2/c22-17(20-19-12-13-7-9-18-10-8-13)14-3-5-15(6-4-14)21-26(23,24)16-2-1-11-25-16/h1-12,21H,(H,20,22)/p-1/b19-12-. The van der Waals surface area contributed by atoms with Gasteiger partial charge in [-0.1, -0.05) is 18.2 Å². The van der Waals surface area contributed by atoms with Crippen LogP contribution in [0.2, 0.25) is 0 Å². The van der Waals surface area contributed by atoms with Crippen LogP contribution >= 0.6 is 11.3 Å². The third-order valence-corrected chi connectivity index (χ3v) is 5.98. The van der Waals surface area contributed by atoms with Crippen LogP contribution in [-0.4, -0.2) is 25.5 Å². The first-order valence-electron chi connectivity index (χ1n) is 7.39. The summed E-state index contributed by atoms with van der Waals surface area (Å²) >= 11 is 1.13. The molecule has 9 heteroatoms. The van der Waals surface area contributed by atoms with E-state index in [2.05, 4.69) is 19.9 Å². The van der Waals surface area contributed by atoms with E-state index in [-0.39, 0.29) is 4.21 Å². The Bertz CT molecular complexity index is 1010. The van der Waals surface area contributed by atoms with Crippen molar-refractivity contribution in [3.8, 4) is 0 Å². The van der Waals surface area contributed by atoms with Crippen LogP contribution in [-0.2, 0) is 10.0 Å². The third-order valence-electron chi connectivity index (χ3n) is 3.21. The molecule has 2 heterocycles. The second-order valence-electron chi connectivity index (χ2n) is 5.05. The van der Waals surface area contributed by atoms with Crippen molar-refractivity contribution in [2.24, 2.45) is 10.2 Å². The van der Waals surface area contributed by atoms with Crippen molar-refractivity contribution >= 4 is 39.2 Å². The van der Waals surface area contributed by atoms with Gasteiger partial charge in [-0.15, -0.1) is 11.3 Å². The number of benzene rings is 1. The predicted molar refractivity (Wildman–Crippen MR) is 99.9 cm³/mol. The lowest BCUT2D eigenvalue weighted by atomic mass is 10.2.